The molecule has 138 valence electrons. The van der Waals surface area contributed by atoms with Gasteiger partial charge in [-0.25, -0.2) is 0 Å². The van der Waals surface area contributed by atoms with Crippen LogP contribution in [0, 0.1) is 0 Å². The van der Waals surface area contributed by atoms with Gasteiger partial charge in [0.15, 0.2) is 0 Å². The number of hydrogen-bond donors (Lipinski definition) is 1. The first-order valence-corrected chi connectivity index (χ1v) is 9.88. The highest BCUT2D eigenvalue weighted by Crippen LogP contribution is 2.24. The third-order valence-corrected chi connectivity index (χ3v) is 4.70. The Balaban J connectivity index is 1.75. The van der Waals surface area contributed by atoms with Crippen molar-refractivity contribution in [3.05, 3.63) is 58.6 Å². The Morgan fingerprint density at radius 2 is 2.15 bits per heavy atom. The largest absolute Gasteiger partial charge is 0.496 e. The van der Waals surface area contributed by atoms with Crippen LogP contribution < -0.4 is 10.1 Å². The first-order valence-electron chi connectivity index (χ1n) is 7.86. The van der Waals surface area contributed by atoms with Gasteiger partial charge < -0.3 is 10.1 Å². The number of rotatable bonds is 6. The van der Waals surface area contributed by atoms with Crippen LogP contribution in [0.2, 0.25) is 0 Å². The zero-order chi connectivity index (χ0) is 19.2. The summed E-state index contributed by atoms with van der Waals surface area (Å²) in [5.41, 5.74) is 2.21. The molecule has 0 fully saturated rings. The molecule has 0 aliphatic heterocycles. The molecule has 0 spiro atoms. The second kappa shape index (κ2) is 8.83. The van der Waals surface area contributed by atoms with Crippen molar-refractivity contribution in [1.82, 2.24) is 20.2 Å². The van der Waals surface area contributed by atoms with Crippen LogP contribution in [-0.4, -0.2) is 39.5 Å². The molecular formula is C18H16BrN5O2S. The normalized spacial score (nSPS) is 10.9. The summed E-state index contributed by atoms with van der Waals surface area (Å²) in [6.07, 6.45) is 5.06. The average molecular weight is 446 g/mol. The second-order valence-electron chi connectivity index (χ2n) is 5.34. The zero-order valence-electron chi connectivity index (χ0n) is 14.6. The molecular weight excluding hydrogens is 430 g/mol. The molecule has 0 aliphatic carbocycles. The molecule has 9 heteroatoms. The van der Waals surface area contributed by atoms with E-state index in [1.54, 1.807) is 23.9 Å². The van der Waals surface area contributed by atoms with Gasteiger partial charge in [0.25, 0.3) is 0 Å². The quantitative estimate of drug-likeness (QED) is 0.458. The summed E-state index contributed by atoms with van der Waals surface area (Å²) >= 11 is 4.85. The van der Waals surface area contributed by atoms with Crippen LogP contribution >= 0.6 is 27.7 Å². The minimum atomic E-state index is -0.254. The predicted molar refractivity (Wildman–Crippen MR) is 109 cm³/mol. The van der Waals surface area contributed by atoms with Crippen molar-refractivity contribution < 1.29 is 9.53 Å². The molecule has 0 radical (unpaired) electrons. The van der Waals surface area contributed by atoms with E-state index < -0.39 is 0 Å². The van der Waals surface area contributed by atoms with Gasteiger partial charge in [-0.3, -0.25) is 4.79 Å². The van der Waals surface area contributed by atoms with Crippen molar-refractivity contribution in [2.45, 2.75) is 5.16 Å². The van der Waals surface area contributed by atoms with Crippen LogP contribution in [0.4, 0.5) is 5.69 Å². The number of benzene rings is 2. The van der Waals surface area contributed by atoms with E-state index in [9.17, 15) is 4.79 Å². The number of hydrogen-bond acceptors (Lipinski definition) is 6. The molecule has 3 aromatic rings. The Hall–Kier alpha value is -2.65. The van der Waals surface area contributed by atoms with Crippen LogP contribution in [0.3, 0.4) is 0 Å². The fourth-order valence-corrected chi connectivity index (χ4v) is 3.18. The minimum absolute atomic E-state index is 0.254. The number of anilines is 1. The number of carbonyl (C=O) groups excluding carboxylic acids is 1. The fourth-order valence-electron chi connectivity index (χ4n) is 2.37. The summed E-state index contributed by atoms with van der Waals surface area (Å²) < 4.78 is 7.82. The highest BCUT2D eigenvalue weighted by atomic mass is 79.9. The monoisotopic (exact) mass is 445 g/mol. The van der Waals surface area contributed by atoms with Gasteiger partial charge in [-0.15, -0.1) is 5.10 Å². The smallest absolute Gasteiger partial charge is 0.248 e. The number of nitrogens with one attached hydrogen (secondary N) is 1. The van der Waals surface area contributed by atoms with E-state index in [4.69, 9.17) is 4.74 Å². The molecule has 1 heterocycles. The van der Waals surface area contributed by atoms with Crippen LogP contribution in [0.5, 0.6) is 5.75 Å². The fraction of sp³-hybridized carbons (Fsp3) is 0.111. The zero-order valence-corrected chi connectivity index (χ0v) is 17.0. The molecule has 1 N–H and O–H groups in total. The van der Waals surface area contributed by atoms with E-state index in [-0.39, 0.29) is 5.91 Å². The molecule has 0 aliphatic rings. The third-order valence-electron chi connectivity index (χ3n) is 3.59. The van der Waals surface area contributed by atoms with Crippen molar-refractivity contribution in [2.24, 2.45) is 0 Å². The number of aromatic nitrogens is 4. The number of amides is 1. The Morgan fingerprint density at radius 1 is 1.30 bits per heavy atom. The predicted octanol–water partition coefficient (Wildman–Crippen LogP) is 3.81. The van der Waals surface area contributed by atoms with Crippen LogP contribution in [0.25, 0.3) is 11.8 Å². The third kappa shape index (κ3) is 4.75. The van der Waals surface area contributed by atoms with Gasteiger partial charge in [0.2, 0.25) is 11.1 Å². The maximum Gasteiger partial charge on any atom is 0.248 e. The molecule has 27 heavy (non-hydrogen) atoms. The lowest BCUT2D eigenvalue weighted by molar-refractivity contribution is -0.111. The number of halogens is 1. The SMILES string of the molecule is COc1ccc(Br)cc1/C=C/C(=O)Nc1cccc(-n2nnnc2SC)c1. The molecule has 3 rings (SSSR count). The van der Waals surface area contributed by atoms with Crippen molar-refractivity contribution in [2.75, 3.05) is 18.7 Å². The van der Waals surface area contributed by atoms with E-state index >= 15 is 0 Å². The van der Waals surface area contributed by atoms with E-state index in [1.165, 1.54) is 17.8 Å². The lowest BCUT2D eigenvalue weighted by Gasteiger charge is -2.07. The van der Waals surface area contributed by atoms with E-state index in [0.717, 1.165) is 15.7 Å². The van der Waals surface area contributed by atoms with E-state index in [2.05, 4.69) is 36.8 Å². The van der Waals surface area contributed by atoms with Crippen LogP contribution in [-0.2, 0) is 4.79 Å². The summed E-state index contributed by atoms with van der Waals surface area (Å²) in [5, 5.41) is 15.1. The number of ether oxygens (including phenoxy) is 1. The first-order chi connectivity index (χ1) is 13.1. The van der Waals surface area contributed by atoms with E-state index in [0.29, 0.717) is 16.6 Å². The van der Waals surface area contributed by atoms with Crippen molar-refractivity contribution in [1.29, 1.82) is 0 Å². The van der Waals surface area contributed by atoms with Crippen LogP contribution in [0.15, 0.2) is 58.2 Å². The number of carbonyl (C=O) groups is 1. The summed E-state index contributed by atoms with van der Waals surface area (Å²) in [6, 6.07) is 12.9. The van der Waals surface area contributed by atoms with Gasteiger partial charge in [0.1, 0.15) is 5.75 Å². The lowest BCUT2D eigenvalue weighted by atomic mass is 10.2. The number of tetrazole rings is 1. The Bertz CT molecular complexity index is 989. The average Bonchev–Trinajstić information content (AvgIpc) is 3.15. The minimum Gasteiger partial charge on any atom is -0.496 e. The summed E-state index contributed by atoms with van der Waals surface area (Å²) in [4.78, 5) is 12.3. The van der Waals surface area contributed by atoms with Gasteiger partial charge in [0, 0.05) is 21.8 Å². The number of nitrogens with zero attached hydrogens (tertiary/aromatic N) is 4. The van der Waals surface area contributed by atoms with Gasteiger partial charge in [-0.2, -0.15) is 4.68 Å². The number of methoxy groups -OCH3 is 1. The summed E-state index contributed by atoms with van der Waals surface area (Å²) in [7, 11) is 1.59. The molecule has 0 bridgehead atoms. The number of thioether (sulfide) groups is 1. The van der Waals surface area contributed by atoms with Crippen molar-refractivity contribution >= 4 is 45.4 Å². The van der Waals surface area contributed by atoms with Gasteiger partial charge in [-0.1, -0.05) is 33.8 Å². The Morgan fingerprint density at radius 3 is 2.93 bits per heavy atom. The topological polar surface area (TPSA) is 81.9 Å². The molecule has 0 saturated heterocycles. The van der Waals surface area contributed by atoms with Gasteiger partial charge >= 0.3 is 0 Å². The standard InChI is InChI=1S/C18H16BrN5O2S/c1-26-16-8-7-13(19)10-12(16)6-9-17(25)20-14-4-3-5-15(11-14)24-18(27-2)21-22-23-24/h3-11H,1-2H3,(H,20,25)/b9-6+. The van der Waals surface area contributed by atoms with Gasteiger partial charge in [0.05, 0.1) is 12.8 Å². The highest BCUT2D eigenvalue weighted by Gasteiger charge is 2.08. The molecule has 2 aromatic carbocycles. The molecule has 0 saturated carbocycles. The summed E-state index contributed by atoms with van der Waals surface area (Å²) in [6.45, 7) is 0. The van der Waals surface area contributed by atoms with Crippen molar-refractivity contribution in [3.63, 3.8) is 0 Å². The van der Waals surface area contributed by atoms with E-state index in [1.807, 2.05) is 42.7 Å². The highest BCUT2D eigenvalue weighted by molar-refractivity contribution is 9.10. The molecule has 7 nitrogen and oxygen atoms in total. The molecule has 0 unspecified atom stereocenters. The van der Waals surface area contributed by atoms with Crippen LogP contribution in [0.1, 0.15) is 5.56 Å². The Kier molecular flexibility index (Phi) is 6.25. The second-order valence-corrected chi connectivity index (χ2v) is 7.03. The maximum absolute atomic E-state index is 12.3. The van der Waals surface area contributed by atoms with Crippen molar-refractivity contribution in [3.8, 4) is 11.4 Å². The Labute approximate surface area is 168 Å². The maximum atomic E-state index is 12.3. The lowest BCUT2D eigenvalue weighted by Crippen LogP contribution is -2.08. The molecule has 1 aromatic heterocycles. The first kappa shape index (κ1) is 19.1. The molecule has 0 atom stereocenters. The summed E-state index contributed by atoms with van der Waals surface area (Å²) in [5.74, 6) is 0.434. The van der Waals surface area contributed by atoms with Gasteiger partial charge in [-0.05, 0) is 59.2 Å². The molecule has 1 amide bonds.